The second-order valence-corrected chi connectivity index (χ2v) is 12.0. The molecule has 1 aromatic heterocycles. The van der Waals surface area contributed by atoms with Crippen LogP contribution in [-0.4, -0.2) is 41.3 Å². The minimum atomic E-state index is -1.000. The molecule has 0 unspecified atom stereocenters. The summed E-state index contributed by atoms with van der Waals surface area (Å²) in [6.45, 7) is 5.42. The zero-order chi connectivity index (χ0) is 32.0. The minimum Gasteiger partial charge on any atom is -0.467 e. The number of aromatic nitrogens is 1. The molecule has 0 radical (unpaired) electrons. The number of nitrogens with zero attached hydrogens (tertiary/aromatic N) is 1. The van der Waals surface area contributed by atoms with Gasteiger partial charge in [0, 0.05) is 24.4 Å². The number of benzene rings is 4. The lowest BCUT2D eigenvalue weighted by molar-refractivity contribution is -0.145. The number of ether oxygens (including phenoxy) is 2. The lowest BCUT2D eigenvalue weighted by atomic mass is 9.67. The molecule has 4 aromatic carbocycles. The molecule has 0 spiro atoms. The van der Waals surface area contributed by atoms with E-state index >= 15 is 0 Å². The van der Waals surface area contributed by atoms with E-state index in [2.05, 4.69) is 5.32 Å². The van der Waals surface area contributed by atoms with Crippen molar-refractivity contribution in [3.63, 3.8) is 0 Å². The number of hydrogen-bond donors (Lipinski definition) is 1. The Morgan fingerprint density at radius 1 is 0.733 bits per heavy atom. The number of carbonyl (C=O) groups is 3. The molecular formula is C38H38N2O5. The van der Waals surface area contributed by atoms with Gasteiger partial charge < -0.3 is 14.8 Å². The largest absolute Gasteiger partial charge is 0.467 e. The fourth-order valence-electron chi connectivity index (χ4n) is 5.89. The van der Waals surface area contributed by atoms with Gasteiger partial charge in [-0.3, -0.25) is 9.36 Å². The smallest absolute Gasteiger partial charge is 0.419 e. The summed E-state index contributed by atoms with van der Waals surface area (Å²) in [6, 6.07) is 36.2. The van der Waals surface area contributed by atoms with Crippen LogP contribution in [0.2, 0.25) is 0 Å². The van der Waals surface area contributed by atoms with E-state index in [9.17, 15) is 14.4 Å². The van der Waals surface area contributed by atoms with Crippen molar-refractivity contribution in [3.8, 4) is 0 Å². The van der Waals surface area contributed by atoms with Crippen LogP contribution < -0.4 is 5.32 Å². The van der Waals surface area contributed by atoms with Crippen molar-refractivity contribution >= 4 is 28.9 Å². The Kier molecular flexibility index (Phi) is 9.18. The SMILES string of the molecule is COC(=O)[C@@H](Cc1cn(C(=O)OC(C)(C)C)c2ccccc12)NC(=O)CC(c1ccccc1)(c1ccccc1)c1ccccc1. The quantitative estimate of drug-likeness (QED) is 0.144. The number of fused-ring (bicyclic) bond motifs is 1. The molecule has 5 rings (SSSR count). The Bertz CT molecular complexity index is 1680. The zero-order valence-electron chi connectivity index (χ0n) is 26.0. The predicted octanol–water partition coefficient (Wildman–Crippen LogP) is 7.05. The number of rotatable bonds is 9. The van der Waals surface area contributed by atoms with Crippen molar-refractivity contribution in [2.45, 2.75) is 50.7 Å². The second kappa shape index (κ2) is 13.2. The zero-order valence-corrected chi connectivity index (χ0v) is 26.0. The summed E-state index contributed by atoms with van der Waals surface area (Å²) in [4.78, 5) is 40.4. The van der Waals surface area contributed by atoms with E-state index in [0.717, 1.165) is 22.1 Å². The lowest BCUT2D eigenvalue weighted by Gasteiger charge is -2.36. The fraction of sp³-hybridized carbons (Fsp3) is 0.237. The highest BCUT2D eigenvalue weighted by molar-refractivity contribution is 5.93. The van der Waals surface area contributed by atoms with Crippen LogP contribution >= 0.6 is 0 Å². The molecule has 0 aliphatic carbocycles. The van der Waals surface area contributed by atoms with Gasteiger partial charge in [-0.05, 0) is 49.1 Å². The van der Waals surface area contributed by atoms with Crippen LogP contribution in [0.15, 0.2) is 121 Å². The minimum absolute atomic E-state index is 0.0399. The van der Waals surface area contributed by atoms with Gasteiger partial charge in [0.1, 0.15) is 11.6 Å². The molecule has 0 aliphatic heterocycles. The molecule has 0 bridgehead atoms. The third-order valence-corrected chi connectivity index (χ3v) is 7.86. The standard InChI is InChI=1S/C38H38N2O5/c1-37(2,3)45-36(43)40-26-27(31-22-14-15-23-33(31)40)24-32(35(42)44-4)39-34(41)25-38(28-16-8-5-9-17-28,29-18-10-6-11-19-29)30-20-12-7-13-21-30/h5-23,26,32H,24-25H2,1-4H3,(H,39,41)/t32-/m1/s1. The van der Waals surface area contributed by atoms with Crippen LogP contribution in [0.3, 0.4) is 0 Å². The summed E-state index contributed by atoms with van der Waals surface area (Å²) in [6.07, 6.45) is 1.30. The van der Waals surface area contributed by atoms with E-state index in [4.69, 9.17) is 9.47 Å². The summed E-state index contributed by atoms with van der Waals surface area (Å²) in [5.74, 6) is -0.903. The Morgan fingerprint density at radius 2 is 1.22 bits per heavy atom. The number of methoxy groups -OCH3 is 1. The average molecular weight is 603 g/mol. The number of carbonyl (C=O) groups excluding carboxylic acids is 3. The molecule has 7 heteroatoms. The van der Waals surface area contributed by atoms with Crippen molar-refractivity contribution < 1.29 is 23.9 Å². The molecule has 0 saturated heterocycles. The van der Waals surface area contributed by atoms with E-state index in [1.54, 1.807) is 27.0 Å². The second-order valence-electron chi connectivity index (χ2n) is 12.0. The molecule has 0 fully saturated rings. The van der Waals surface area contributed by atoms with E-state index < -0.39 is 29.1 Å². The van der Waals surface area contributed by atoms with Gasteiger partial charge >= 0.3 is 12.1 Å². The molecule has 1 atom stereocenters. The summed E-state index contributed by atoms with van der Waals surface area (Å²) in [7, 11) is 1.30. The highest BCUT2D eigenvalue weighted by Crippen LogP contribution is 2.42. The Hall–Kier alpha value is -5.17. The Balaban J connectivity index is 1.51. The molecule has 7 nitrogen and oxygen atoms in total. The van der Waals surface area contributed by atoms with Crippen molar-refractivity contribution in [1.82, 2.24) is 9.88 Å². The van der Waals surface area contributed by atoms with Gasteiger partial charge in [-0.1, -0.05) is 109 Å². The first-order valence-electron chi connectivity index (χ1n) is 15.0. The molecule has 5 aromatic rings. The van der Waals surface area contributed by atoms with Gasteiger partial charge in [0.15, 0.2) is 0 Å². The lowest BCUT2D eigenvalue weighted by Crippen LogP contribution is -2.46. The van der Waals surface area contributed by atoms with E-state index in [1.807, 2.05) is 115 Å². The molecule has 45 heavy (non-hydrogen) atoms. The Morgan fingerprint density at radius 3 is 1.71 bits per heavy atom. The van der Waals surface area contributed by atoms with Crippen LogP contribution in [0.25, 0.3) is 10.9 Å². The van der Waals surface area contributed by atoms with Crippen molar-refractivity contribution in [1.29, 1.82) is 0 Å². The molecule has 0 saturated carbocycles. The number of amides is 1. The predicted molar refractivity (Wildman–Crippen MR) is 175 cm³/mol. The van der Waals surface area contributed by atoms with Crippen molar-refractivity contribution in [2.24, 2.45) is 0 Å². The van der Waals surface area contributed by atoms with Gasteiger partial charge in [0.2, 0.25) is 5.91 Å². The molecule has 0 aliphatic rings. The maximum Gasteiger partial charge on any atom is 0.419 e. The average Bonchev–Trinajstić information content (AvgIpc) is 3.42. The van der Waals surface area contributed by atoms with Gasteiger partial charge in [-0.2, -0.15) is 0 Å². The van der Waals surface area contributed by atoms with E-state index in [1.165, 1.54) is 11.7 Å². The van der Waals surface area contributed by atoms with Crippen molar-refractivity contribution in [2.75, 3.05) is 7.11 Å². The monoisotopic (exact) mass is 602 g/mol. The molecule has 230 valence electrons. The third kappa shape index (κ3) is 6.83. The first-order valence-corrected chi connectivity index (χ1v) is 15.0. The molecule has 1 N–H and O–H groups in total. The van der Waals surface area contributed by atoms with Gasteiger partial charge in [-0.25, -0.2) is 9.59 Å². The number of nitrogens with one attached hydrogen (secondary N) is 1. The summed E-state index contributed by atoms with van der Waals surface area (Å²) in [5, 5.41) is 3.76. The van der Waals surface area contributed by atoms with Crippen LogP contribution in [0, 0.1) is 0 Å². The first-order chi connectivity index (χ1) is 21.6. The van der Waals surface area contributed by atoms with Gasteiger partial charge in [0.25, 0.3) is 0 Å². The highest BCUT2D eigenvalue weighted by atomic mass is 16.6. The van der Waals surface area contributed by atoms with Crippen LogP contribution in [0.1, 0.15) is 49.4 Å². The maximum absolute atomic E-state index is 14.1. The molecule has 1 heterocycles. The normalized spacial score (nSPS) is 12.4. The van der Waals surface area contributed by atoms with E-state index in [-0.39, 0.29) is 18.7 Å². The summed E-state index contributed by atoms with van der Waals surface area (Å²) < 4.78 is 12.2. The Labute approximate surface area is 263 Å². The summed E-state index contributed by atoms with van der Waals surface area (Å²) >= 11 is 0. The van der Waals surface area contributed by atoms with Gasteiger partial charge in [-0.15, -0.1) is 0 Å². The topological polar surface area (TPSA) is 86.6 Å². The first kappa shape index (κ1) is 31.3. The molecule has 1 amide bonds. The highest BCUT2D eigenvalue weighted by Gasteiger charge is 2.39. The van der Waals surface area contributed by atoms with Crippen LogP contribution in [0.5, 0.6) is 0 Å². The van der Waals surface area contributed by atoms with Gasteiger partial charge in [0.05, 0.1) is 18.0 Å². The van der Waals surface area contributed by atoms with Crippen LogP contribution in [0.4, 0.5) is 4.79 Å². The number of hydrogen-bond acceptors (Lipinski definition) is 5. The van der Waals surface area contributed by atoms with Crippen molar-refractivity contribution in [3.05, 3.63) is 144 Å². The third-order valence-electron chi connectivity index (χ3n) is 7.86. The number of esters is 1. The number of para-hydroxylation sites is 1. The fourth-order valence-corrected chi connectivity index (χ4v) is 5.89. The van der Waals surface area contributed by atoms with Crippen LogP contribution in [-0.2, 0) is 30.9 Å². The molecular weight excluding hydrogens is 564 g/mol. The summed E-state index contributed by atoms with van der Waals surface area (Å²) in [5.41, 5.74) is 2.68. The maximum atomic E-state index is 14.1. The van der Waals surface area contributed by atoms with E-state index in [0.29, 0.717) is 11.1 Å².